The summed E-state index contributed by atoms with van der Waals surface area (Å²) in [7, 11) is 0. The van der Waals surface area contributed by atoms with Crippen molar-refractivity contribution >= 4 is 11.8 Å². The zero-order valence-electron chi connectivity index (χ0n) is 16.1. The van der Waals surface area contributed by atoms with Crippen LogP contribution in [0.2, 0.25) is 0 Å². The summed E-state index contributed by atoms with van der Waals surface area (Å²) in [6, 6.07) is 11.8. The number of hydrogen-bond donors (Lipinski definition) is 1. The zero-order valence-corrected chi connectivity index (χ0v) is 16.1. The number of benzene rings is 1. The summed E-state index contributed by atoms with van der Waals surface area (Å²) < 4.78 is 0. The van der Waals surface area contributed by atoms with Gasteiger partial charge in [-0.25, -0.2) is 0 Å². The van der Waals surface area contributed by atoms with E-state index in [-0.39, 0.29) is 11.8 Å². The van der Waals surface area contributed by atoms with Crippen molar-refractivity contribution in [3.63, 3.8) is 0 Å². The molecule has 1 saturated heterocycles. The van der Waals surface area contributed by atoms with Crippen LogP contribution in [0, 0.1) is 0 Å². The first kappa shape index (κ1) is 19.2. The van der Waals surface area contributed by atoms with Crippen LogP contribution in [0.1, 0.15) is 47.8 Å². The number of H-pyrrole nitrogens is 1. The average molecular weight is 367 g/mol. The van der Waals surface area contributed by atoms with Crippen LogP contribution >= 0.6 is 0 Å². The number of carbonyl (C=O) groups excluding carboxylic acids is 2. The minimum atomic E-state index is 0.0655. The van der Waals surface area contributed by atoms with Crippen molar-refractivity contribution in [1.82, 2.24) is 14.8 Å². The van der Waals surface area contributed by atoms with Gasteiger partial charge < -0.3 is 14.8 Å². The first-order valence-corrected chi connectivity index (χ1v) is 9.95. The van der Waals surface area contributed by atoms with Crippen molar-refractivity contribution in [3.8, 4) is 0 Å². The Morgan fingerprint density at radius 2 is 1.74 bits per heavy atom. The van der Waals surface area contributed by atoms with E-state index in [1.54, 1.807) is 0 Å². The number of hydrogen-bond acceptors (Lipinski definition) is 2. The second-order valence-corrected chi connectivity index (χ2v) is 7.20. The Hall–Kier alpha value is -2.56. The number of aromatic amines is 1. The molecule has 2 aromatic rings. The molecule has 144 valence electrons. The van der Waals surface area contributed by atoms with E-state index >= 15 is 0 Å². The average Bonchev–Trinajstić information content (AvgIpc) is 3.07. The highest BCUT2D eigenvalue weighted by Gasteiger charge is 2.23. The number of unbranched alkanes of at least 4 members (excludes halogenated alkanes) is 1. The Kier molecular flexibility index (Phi) is 6.69. The number of nitrogens with one attached hydrogen (secondary N) is 1. The predicted octanol–water partition coefficient (Wildman–Crippen LogP) is 3.27. The molecule has 1 N–H and O–H groups in total. The van der Waals surface area contributed by atoms with Crippen molar-refractivity contribution in [2.75, 3.05) is 26.2 Å². The monoisotopic (exact) mass is 367 g/mol. The van der Waals surface area contributed by atoms with Gasteiger partial charge in [0.25, 0.3) is 5.91 Å². The summed E-state index contributed by atoms with van der Waals surface area (Å²) in [5, 5.41) is 0. The highest BCUT2D eigenvalue weighted by Crippen LogP contribution is 2.13. The lowest BCUT2D eigenvalue weighted by Crippen LogP contribution is -2.38. The van der Waals surface area contributed by atoms with Crippen LogP contribution in [-0.4, -0.2) is 52.8 Å². The standard InChI is InChI=1S/C22H29N3O2/c1-2-3-6-18-8-10-19(11-9-18)22(27)25-14-5-13-24(15-16-25)21(26)17-20-7-4-12-23-20/h4,7-12,23H,2-3,5-6,13-17H2,1H3. The van der Waals surface area contributed by atoms with Gasteiger partial charge in [0, 0.05) is 43.6 Å². The number of nitrogens with zero attached hydrogens (tertiary/aromatic N) is 2. The summed E-state index contributed by atoms with van der Waals surface area (Å²) in [4.78, 5) is 32.2. The number of aromatic nitrogens is 1. The molecule has 5 heteroatoms. The first-order valence-electron chi connectivity index (χ1n) is 9.95. The van der Waals surface area contributed by atoms with Crippen molar-refractivity contribution in [1.29, 1.82) is 0 Å². The molecule has 0 saturated carbocycles. The Labute approximate surface area is 161 Å². The quantitative estimate of drug-likeness (QED) is 0.852. The van der Waals surface area contributed by atoms with E-state index < -0.39 is 0 Å². The Bertz CT molecular complexity index is 737. The third-order valence-corrected chi connectivity index (χ3v) is 5.16. The van der Waals surface area contributed by atoms with Gasteiger partial charge in [0.15, 0.2) is 0 Å². The van der Waals surface area contributed by atoms with E-state index in [1.807, 2.05) is 40.3 Å². The van der Waals surface area contributed by atoms with Crippen LogP contribution in [0.3, 0.4) is 0 Å². The number of carbonyl (C=O) groups is 2. The van der Waals surface area contributed by atoms with Crippen LogP contribution in [0.25, 0.3) is 0 Å². The molecule has 1 aromatic carbocycles. The Morgan fingerprint density at radius 3 is 2.44 bits per heavy atom. The topological polar surface area (TPSA) is 56.4 Å². The van der Waals surface area contributed by atoms with Crippen LogP contribution in [-0.2, 0) is 17.6 Å². The van der Waals surface area contributed by atoms with Crippen LogP contribution < -0.4 is 0 Å². The zero-order chi connectivity index (χ0) is 19.1. The molecule has 2 amide bonds. The van der Waals surface area contributed by atoms with Gasteiger partial charge in [0.1, 0.15) is 0 Å². The lowest BCUT2D eigenvalue weighted by atomic mass is 10.1. The van der Waals surface area contributed by atoms with Gasteiger partial charge in [0.05, 0.1) is 6.42 Å². The van der Waals surface area contributed by atoms with Crippen molar-refractivity contribution < 1.29 is 9.59 Å². The van der Waals surface area contributed by atoms with E-state index in [0.717, 1.165) is 24.1 Å². The third kappa shape index (κ3) is 5.22. The molecule has 1 fully saturated rings. The molecule has 0 atom stereocenters. The molecular weight excluding hydrogens is 338 g/mol. The molecule has 3 rings (SSSR count). The Balaban J connectivity index is 1.55. The maximum Gasteiger partial charge on any atom is 0.253 e. The Morgan fingerprint density at radius 1 is 1.00 bits per heavy atom. The summed E-state index contributed by atoms with van der Waals surface area (Å²) in [6.45, 7) is 4.78. The van der Waals surface area contributed by atoms with Crippen molar-refractivity contribution in [3.05, 3.63) is 59.4 Å². The molecule has 0 radical (unpaired) electrons. The van der Waals surface area contributed by atoms with E-state index in [9.17, 15) is 9.59 Å². The predicted molar refractivity (Wildman–Crippen MR) is 107 cm³/mol. The van der Waals surface area contributed by atoms with Crippen LogP contribution in [0.4, 0.5) is 0 Å². The molecule has 0 spiro atoms. The SMILES string of the molecule is CCCCc1ccc(C(=O)N2CCCN(C(=O)Cc3ccc[nH]3)CC2)cc1. The molecule has 0 aliphatic carbocycles. The minimum absolute atomic E-state index is 0.0655. The molecule has 1 aliphatic rings. The maximum atomic E-state index is 12.8. The van der Waals surface area contributed by atoms with Crippen LogP contribution in [0.5, 0.6) is 0 Å². The number of amides is 2. The molecule has 1 aliphatic heterocycles. The highest BCUT2D eigenvalue weighted by atomic mass is 16.2. The van der Waals surface area contributed by atoms with E-state index in [2.05, 4.69) is 24.0 Å². The first-order chi connectivity index (χ1) is 13.2. The van der Waals surface area contributed by atoms with Gasteiger partial charge >= 0.3 is 0 Å². The third-order valence-electron chi connectivity index (χ3n) is 5.16. The molecule has 5 nitrogen and oxygen atoms in total. The molecule has 0 unspecified atom stereocenters. The normalized spacial score (nSPS) is 14.9. The molecule has 27 heavy (non-hydrogen) atoms. The molecule has 2 heterocycles. The van der Waals surface area contributed by atoms with Gasteiger partial charge in [-0.05, 0) is 49.1 Å². The van der Waals surface area contributed by atoms with E-state index in [1.165, 1.54) is 18.4 Å². The number of aryl methyl sites for hydroxylation is 1. The van der Waals surface area contributed by atoms with Gasteiger partial charge in [-0.3, -0.25) is 9.59 Å². The fraction of sp³-hybridized carbons (Fsp3) is 0.455. The van der Waals surface area contributed by atoms with E-state index in [4.69, 9.17) is 0 Å². The van der Waals surface area contributed by atoms with Gasteiger partial charge in [-0.2, -0.15) is 0 Å². The molecule has 1 aromatic heterocycles. The largest absolute Gasteiger partial charge is 0.365 e. The lowest BCUT2D eigenvalue weighted by Gasteiger charge is -2.22. The second-order valence-electron chi connectivity index (χ2n) is 7.20. The second kappa shape index (κ2) is 9.40. The maximum absolute atomic E-state index is 12.8. The van der Waals surface area contributed by atoms with Gasteiger partial charge in [-0.1, -0.05) is 25.5 Å². The summed E-state index contributed by atoms with van der Waals surface area (Å²) in [6.07, 6.45) is 6.45. The van der Waals surface area contributed by atoms with Crippen LogP contribution in [0.15, 0.2) is 42.6 Å². The van der Waals surface area contributed by atoms with Crippen molar-refractivity contribution in [2.24, 2.45) is 0 Å². The summed E-state index contributed by atoms with van der Waals surface area (Å²) in [5.41, 5.74) is 2.95. The number of rotatable bonds is 6. The molecule has 0 bridgehead atoms. The minimum Gasteiger partial charge on any atom is -0.365 e. The van der Waals surface area contributed by atoms with Crippen molar-refractivity contribution in [2.45, 2.75) is 39.0 Å². The van der Waals surface area contributed by atoms with Gasteiger partial charge in [-0.15, -0.1) is 0 Å². The highest BCUT2D eigenvalue weighted by molar-refractivity contribution is 5.94. The smallest absolute Gasteiger partial charge is 0.253 e. The van der Waals surface area contributed by atoms with Gasteiger partial charge in [0.2, 0.25) is 5.91 Å². The fourth-order valence-electron chi connectivity index (χ4n) is 3.50. The fourth-order valence-corrected chi connectivity index (χ4v) is 3.50. The van der Waals surface area contributed by atoms with E-state index in [0.29, 0.717) is 32.6 Å². The summed E-state index contributed by atoms with van der Waals surface area (Å²) >= 11 is 0. The molecular formula is C22H29N3O2. The lowest BCUT2D eigenvalue weighted by molar-refractivity contribution is -0.130. The summed E-state index contributed by atoms with van der Waals surface area (Å²) in [5.74, 6) is 0.183.